The highest BCUT2D eigenvalue weighted by molar-refractivity contribution is 5.82. The summed E-state index contributed by atoms with van der Waals surface area (Å²) in [5.74, 6) is -1.06. The third-order valence-electron chi connectivity index (χ3n) is 2.29. The lowest BCUT2D eigenvalue weighted by Gasteiger charge is -2.14. The van der Waals surface area contributed by atoms with E-state index in [2.05, 4.69) is 17.2 Å². The van der Waals surface area contributed by atoms with Crippen molar-refractivity contribution < 1.29 is 14.7 Å². The summed E-state index contributed by atoms with van der Waals surface area (Å²) in [5.41, 5.74) is 0.855. The van der Waals surface area contributed by atoms with E-state index in [9.17, 15) is 9.59 Å². The van der Waals surface area contributed by atoms with E-state index in [0.29, 0.717) is 6.54 Å². The molecule has 0 aliphatic rings. The molecular weight excluding hydrogens is 232 g/mol. The molecule has 0 saturated heterocycles. The van der Waals surface area contributed by atoms with Gasteiger partial charge in [-0.1, -0.05) is 36.4 Å². The molecular formula is C13H16N2O3. The Morgan fingerprint density at radius 2 is 2.00 bits per heavy atom. The van der Waals surface area contributed by atoms with Gasteiger partial charge in [0.05, 0.1) is 0 Å². The maximum atomic E-state index is 11.4. The third-order valence-corrected chi connectivity index (χ3v) is 2.29. The van der Waals surface area contributed by atoms with Crippen molar-refractivity contribution in [3.8, 4) is 0 Å². The number of carbonyl (C=O) groups excluding carboxylic acids is 1. The van der Waals surface area contributed by atoms with E-state index in [1.54, 1.807) is 0 Å². The number of hydrogen-bond donors (Lipinski definition) is 3. The standard InChI is InChI=1S/C13H16N2O3/c1-2-8-14-13(18)15-11(12(16)17)9-10-6-4-3-5-7-10/h2-7,11H,1,8-9H2,(H,16,17)(H2,14,15,18)/t11-/m0/s1. The van der Waals surface area contributed by atoms with Gasteiger partial charge < -0.3 is 15.7 Å². The van der Waals surface area contributed by atoms with Crippen molar-refractivity contribution in [3.63, 3.8) is 0 Å². The number of aliphatic carboxylic acids is 1. The van der Waals surface area contributed by atoms with Gasteiger partial charge in [-0.2, -0.15) is 0 Å². The second-order valence-corrected chi connectivity index (χ2v) is 3.72. The Hall–Kier alpha value is -2.30. The van der Waals surface area contributed by atoms with Crippen LogP contribution < -0.4 is 10.6 Å². The molecule has 0 spiro atoms. The number of carbonyl (C=O) groups is 2. The van der Waals surface area contributed by atoms with Crippen LogP contribution in [0.5, 0.6) is 0 Å². The van der Waals surface area contributed by atoms with Crippen LogP contribution in [0.15, 0.2) is 43.0 Å². The number of carboxylic acid groups (broad SMARTS) is 1. The minimum absolute atomic E-state index is 0.248. The summed E-state index contributed by atoms with van der Waals surface area (Å²) < 4.78 is 0. The topological polar surface area (TPSA) is 78.4 Å². The van der Waals surface area contributed by atoms with Crippen LogP contribution in [0.25, 0.3) is 0 Å². The molecule has 96 valence electrons. The SMILES string of the molecule is C=CCNC(=O)N[C@@H](Cc1ccccc1)C(=O)O. The van der Waals surface area contributed by atoms with E-state index in [4.69, 9.17) is 5.11 Å². The summed E-state index contributed by atoms with van der Waals surface area (Å²) in [6.45, 7) is 3.75. The van der Waals surface area contributed by atoms with Gasteiger partial charge in [-0.15, -0.1) is 6.58 Å². The van der Waals surface area contributed by atoms with Crippen molar-refractivity contribution in [2.75, 3.05) is 6.54 Å². The zero-order valence-corrected chi connectivity index (χ0v) is 9.93. The summed E-state index contributed by atoms with van der Waals surface area (Å²) in [6, 6.07) is 7.68. The Balaban J connectivity index is 2.58. The van der Waals surface area contributed by atoms with E-state index in [1.165, 1.54) is 6.08 Å². The summed E-state index contributed by atoms with van der Waals surface area (Å²) in [5, 5.41) is 13.9. The molecule has 0 heterocycles. The molecule has 1 atom stereocenters. The van der Waals surface area contributed by atoms with Crippen molar-refractivity contribution in [2.24, 2.45) is 0 Å². The maximum Gasteiger partial charge on any atom is 0.326 e. The first-order valence-electron chi connectivity index (χ1n) is 5.55. The van der Waals surface area contributed by atoms with Gasteiger partial charge in [-0.05, 0) is 5.56 Å². The Morgan fingerprint density at radius 3 is 2.56 bits per heavy atom. The Kier molecular flexibility index (Phi) is 5.44. The summed E-state index contributed by atoms with van der Waals surface area (Å²) in [6.07, 6.45) is 1.77. The van der Waals surface area contributed by atoms with Gasteiger partial charge in [-0.25, -0.2) is 9.59 Å². The monoisotopic (exact) mass is 248 g/mol. The van der Waals surface area contributed by atoms with Crippen LogP contribution in [0.1, 0.15) is 5.56 Å². The average Bonchev–Trinajstić information content (AvgIpc) is 2.36. The lowest BCUT2D eigenvalue weighted by atomic mass is 10.1. The Labute approximate surface area is 106 Å². The zero-order chi connectivity index (χ0) is 13.4. The molecule has 0 aliphatic heterocycles. The van der Waals surface area contributed by atoms with Gasteiger partial charge in [0.2, 0.25) is 0 Å². The van der Waals surface area contributed by atoms with Crippen molar-refractivity contribution in [1.82, 2.24) is 10.6 Å². The predicted octanol–water partition coefficient (Wildman–Crippen LogP) is 1.17. The van der Waals surface area contributed by atoms with E-state index >= 15 is 0 Å². The first-order chi connectivity index (χ1) is 8.63. The molecule has 0 radical (unpaired) electrons. The minimum atomic E-state index is -1.06. The number of rotatable bonds is 6. The smallest absolute Gasteiger partial charge is 0.326 e. The largest absolute Gasteiger partial charge is 0.480 e. The number of hydrogen-bond acceptors (Lipinski definition) is 2. The first kappa shape index (κ1) is 13.8. The van der Waals surface area contributed by atoms with Crippen molar-refractivity contribution in [1.29, 1.82) is 0 Å². The molecule has 2 amide bonds. The molecule has 0 aromatic heterocycles. The van der Waals surface area contributed by atoms with Crippen molar-refractivity contribution >= 4 is 12.0 Å². The highest BCUT2D eigenvalue weighted by Gasteiger charge is 2.19. The lowest BCUT2D eigenvalue weighted by Crippen LogP contribution is -2.47. The quantitative estimate of drug-likeness (QED) is 0.661. The van der Waals surface area contributed by atoms with Gasteiger partial charge in [0.1, 0.15) is 6.04 Å². The van der Waals surface area contributed by atoms with Crippen LogP contribution in [0.4, 0.5) is 4.79 Å². The molecule has 3 N–H and O–H groups in total. The normalized spacial score (nSPS) is 11.3. The van der Waals surface area contributed by atoms with Crippen molar-refractivity contribution in [3.05, 3.63) is 48.6 Å². The zero-order valence-electron chi connectivity index (χ0n) is 9.93. The molecule has 1 aromatic rings. The fourth-order valence-corrected chi connectivity index (χ4v) is 1.42. The second-order valence-electron chi connectivity index (χ2n) is 3.72. The van der Waals surface area contributed by atoms with Crippen LogP contribution >= 0.6 is 0 Å². The Morgan fingerprint density at radius 1 is 1.33 bits per heavy atom. The van der Waals surface area contributed by atoms with Crippen molar-refractivity contribution in [2.45, 2.75) is 12.5 Å². The third kappa shape index (κ3) is 4.69. The number of urea groups is 1. The van der Waals surface area contributed by atoms with E-state index in [1.807, 2.05) is 30.3 Å². The molecule has 0 saturated carbocycles. The average molecular weight is 248 g/mol. The molecule has 1 rings (SSSR count). The molecule has 1 aromatic carbocycles. The van der Waals surface area contributed by atoms with Crippen LogP contribution in [0, 0.1) is 0 Å². The number of amides is 2. The van der Waals surface area contributed by atoms with E-state index in [0.717, 1.165) is 5.56 Å². The molecule has 0 aliphatic carbocycles. The number of benzene rings is 1. The van der Waals surface area contributed by atoms with E-state index < -0.39 is 18.0 Å². The molecule has 5 heteroatoms. The van der Waals surface area contributed by atoms with Crippen LogP contribution in [-0.4, -0.2) is 29.7 Å². The fraction of sp³-hybridized carbons (Fsp3) is 0.231. The summed E-state index contributed by atoms with van der Waals surface area (Å²) >= 11 is 0. The second kappa shape index (κ2) is 7.11. The van der Waals surface area contributed by atoms with Crippen LogP contribution in [0.3, 0.4) is 0 Å². The Bertz CT molecular complexity index is 418. The van der Waals surface area contributed by atoms with Gasteiger partial charge >= 0.3 is 12.0 Å². The predicted molar refractivity (Wildman–Crippen MR) is 68.3 cm³/mol. The number of nitrogens with one attached hydrogen (secondary N) is 2. The number of carboxylic acids is 1. The van der Waals surface area contributed by atoms with Gasteiger partial charge in [0.25, 0.3) is 0 Å². The highest BCUT2D eigenvalue weighted by atomic mass is 16.4. The molecule has 0 bridgehead atoms. The molecule has 0 unspecified atom stereocenters. The summed E-state index contributed by atoms with van der Waals surface area (Å²) in [4.78, 5) is 22.4. The van der Waals surface area contributed by atoms with Gasteiger partial charge in [0.15, 0.2) is 0 Å². The van der Waals surface area contributed by atoms with Gasteiger partial charge in [-0.3, -0.25) is 0 Å². The first-order valence-corrected chi connectivity index (χ1v) is 5.55. The van der Waals surface area contributed by atoms with Crippen LogP contribution in [0.2, 0.25) is 0 Å². The highest BCUT2D eigenvalue weighted by Crippen LogP contribution is 2.03. The minimum Gasteiger partial charge on any atom is -0.480 e. The lowest BCUT2D eigenvalue weighted by molar-refractivity contribution is -0.139. The maximum absolute atomic E-state index is 11.4. The van der Waals surface area contributed by atoms with E-state index in [-0.39, 0.29) is 6.42 Å². The van der Waals surface area contributed by atoms with Gasteiger partial charge in [0, 0.05) is 13.0 Å². The molecule has 18 heavy (non-hydrogen) atoms. The molecule has 0 fully saturated rings. The van der Waals surface area contributed by atoms with Crippen LogP contribution in [-0.2, 0) is 11.2 Å². The summed E-state index contributed by atoms with van der Waals surface area (Å²) in [7, 11) is 0. The fourth-order valence-electron chi connectivity index (χ4n) is 1.42. The molecule has 5 nitrogen and oxygen atoms in total.